The van der Waals surface area contributed by atoms with Crippen LogP contribution in [-0.2, 0) is 4.79 Å². The summed E-state index contributed by atoms with van der Waals surface area (Å²) in [5.41, 5.74) is 13.7. The number of amides is 1. The Morgan fingerprint density at radius 3 is 2.05 bits per heavy atom. The van der Waals surface area contributed by atoms with Crippen LogP contribution in [0.5, 0.6) is 0 Å². The van der Waals surface area contributed by atoms with Crippen molar-refractivity contribution >= 4 is 23.0 Å². The third-order valence-electron chi connectivity index (χ3n) is 4.57. The largest absolute Gasteiger partial charge is 0.399 e. The zero-order valence-electron chi connectivity index (χ0n) is 13.3. The standard InChI is InChI=1S/C17H27N3O/c1-17(2,3)12-6-4-11(5-7-12)16(21)20-15-9-13(18)8-14(19)10-15/h8-12H,4-7,18-19H2,1-3H3,(H,20,21). The minimum Gasteiger partial charge on any atom is -0.399 e. The number of nitrogen functional groups attached to an aromatic ring is 2. The second-order valence-corrected chi connectivity index (χ2v) is 7.29. The first-order valence-corrected chi connectivity index (χ1v) is 7.72. The fourth-order valence-electron chi connectivity index (χ4n) is 3.21. The van der Waals surface area contributed by atoms with Gasteiger partial charge in [0.25, 0.3) is 0 Å². The van der Waals surface area contributed by atoms with Crippen LogP contribution >= 0.6 is 0 Å². The quantitative estimate of drug-likeness (QED) is 0.727. The number of carbonyl (C=O) groups is 1. The summed E-state index contributed by atoms with van der Waals surface area (Å²) in [5.74, 6) is 0.906. The van der Waals surface area contributed by atoms with Crippen molar-refractivity contribution in [2.24, 2.45) is 17.3 Å². The molecule has 0 radical (unpaired) electrons. The lowest BCUT2D eigenvalue weighted by Crippen LogP contribution is -2.31. The van der Waals surface area contributed by atoms with Crippen molar-refractivity contribution in [3.63, 3.8) is 0 Å². The number of rotatable bonds is 2. The van der Waals surface area contributed by atoms with Gasteiger partial charge >= 0.3 is 0 Å². The normalized spacial score (nSPS) is 22.8. The summed E-state index contributed by atoms with van der Waals surface area (Å²) in [6, 6.07) is 5.17. The van der Waals surface area contributed by atoms with E-state index in [-0.39, 0.29) is 11.8 Å². The minimum atomic E-state index is 0.0901. The van der Waals surface area contributed by atoms with Crippen LogP contribution in [0.3, 0.4) is 0 Å². The van der Waals surface area contributed by atoms with Crippen molar-refractivity contribution in [2.75, 3.05) is 16.8 Å². The van der Waals surface area contributed by atoms with E-state index < -0.39 is 0 Å². The van der Waals surface area contributed by atoms with Crippen LogP contribution in [0.4, 0.5) is 17.1 Å². The molecule has 2 rings (SSSR count). The van der Waals surface area contributed by atoms with Crippen molar-refractivity contribution in [2.45, 2.75) is 46.5 Å². The fourth-order valence-corrected chi connectivity index (χ4v) is 3.21. The molecule has 4 nitrogen and oxygen atoms in total. The van der Waals surface area contributed by atoms with E-state index in [0.29, 0.717) is 28.4 Å². The zero-order valence-corrected chi connectivity index (χ0v) is 13.3. The number of hydrogen-bond acceptors (Lipinski definition) is 3. The molecule has 0 aromatic heterocycles. The summed E-state index contributed by atoms with van der Waals surface area (Å²) in [7, 11) is 0. The molecular formula is C17H27N3O. The average Bonchev–Trinajstić information content (AvgIpc) is 2.36. The lowest BCUT2D eigenvalue weighted by molar-refractivity contribution is -0.121. The van der Waals surface area contributed by atoms with Crippen LogP contribution in [0.15, 0.2) is 18.2 Å². The van der Waals surface area contributed by atoms with Gasteiger partial charge in [-0.2, -0.15) is 0 Å². The van der Waals surface area contributed by atoms with E-state index in [1.54, 1.807) is 18.2 Å². The van der Waals surface area contributed by atoms with Gasteiger partial charge < -0.3 is 16.8 Å². The average molecular weight is 289 g/mol. The summed E-state index contributed by atoms with van der Waals surface area (Å²) in [6.45, 7) is 6.86. The first-order valence-electron chi connectivity index (χ1n) is 7.72. The molecule has 5 N–H and O–H groups in total. The minimum absolute atomic E-state index is 0.0901. The van der Waals surface area contributed by atoms with E-state index in [0.717, 1.165) is 25.7 Å². The van der Waals surface area contributed by atoms with Gasteiger partial charge in [0.2, 0.25) is 5.91 Å². The summed E-state index contributed by atoms with van der Waals surface area (Å²) in [6.07, 6.45) is 4.18. The summed E-state index contributed by atoms with van der Waals surface area (Å²) in [5, 5.41) is 2.95. The Bertz CT molecular complexity index is 491. The molecule has 0 unspecified atom stereocenters. The topological polar surface area (TPSA) is 81.1 Å². The van der Waals surface area contributed by atoms with Crippen molar-refractivity contribution < 1.29 is 4.79 Å². The van der Waals surface area contributed by atoms with Crippen LogP contribution in [-0.4, -0.2) is 5.91 Å². The molecule has 116 valence electrons. The summed E-state index contributed by atoms with van der Waals surface area (Å²) >= 11 is 0. The molecule has 1 aromatic rings. The third-order valence-corrected chi connectivity index (χ3v) is 4.57. The predicted octanol–water partition coefficient (Wildman–Crippen LogP) is 3.64. The van der Waals surface area contributed by atoms with Gasteiger partial charge in [-0.05, 0) is 55.2 Å². The molecule has 0 bridgehead atoms. The van der Waals surface area contributed by atoms with Crippen molar-refractivity contribution in [3.05, 3.63) is 18.2 Å². The van der Waals surface area contributed by atoms with E-state index in [1.807, 2.05) is 0 Å². The van der Waals surface area contributed by atoms with Crippen LogP contribution in [0.25, 0.3) is 0 Å². The first-order chi connectivity index (χ1) is 9.75. The second-order valence-electron chi connectivity index (χ2n) is 7.29. The van der Waals surface area contributed by atoms with Crippen LogP contribution in [0, 0.1) is 17.3 Å². The molecule has 0 spiro atoms. The van der Waals surface area contributed by atoms with Gasteiger partial charge in [-0.3, -0.25) is 4.79 Å². The van der Waals surface area contributed by atoms with Gasteiger partial charge in [-0.1, -0.05) is 20.8 Å². The van der Waals surface area contributed by atoms with Crippen molar-refractivity contribution in [1.29, 1.82) is 0 Å². The molecular weight excluding hydrogens is 262 g/mol. The van der Waals surface area contributed by atoms with Gasteiger partial charge in [0.1, 0.15) is 0 Å². The maximum Gasteiger partial charge on any atom is 0.227 e. The molecule has 0 atom stereocenters. The lowest BCUT2D eigenvalue weighted by atomic mass is 9.69. The number of benzene rings is 1. The van der Waals surface area contributed by atoms with Crippen LogP contribution in [0.1, 0.15) is 46.5 Å². The fraction of sp³-hybridized carbons (Fsp3) is 0.588. The highest BCUT2D eigenvalue weighted by Crippen LogP contribution is 2.40. The van der Waals surface area contributed by atoms with E-state index in [2.05, 4.69) is 26.1 Å². The Morgan fingerprint density at radius 2 is 1.57 bits per heavy atom. The second kappa shape index (κ2) is 5.96. The van der Waals surface area contributed by atoms with Gasteiger partial charge in [0.15, 0.2) is 0 Å². The summed E-state index contributed by atoms with van der Waals surface area (Å²) < 4.78 is 0. The van der Waals surface area contributed by atoms with E-state index in [1.165, 1.54) is 0 Å². The number of anilines is 3. The van der Waals surface area contributed by atoms with Gasteiger partial charge in [0, 0.05) is 23.0 Å². The van der Waals surface area contributed by atoms with Crippen molar-refractivity contribution in [1.82, 2.24) is 0 Å². The van der Waals surface area contributed by atoms with Crippen LogP contribution < -0.4 is 16.8 Å². The number of nitrogens with one attached hydrogen (secondary N) is 1. The monoisotopic (exact) mass is 289 g/mol. The Balaban J connectivity index is 1.93. The molecule has 4 heteroatoms. The molecule has 1 aliphatic rings. The Morgan fingerprint density at radius 1 is 1.05 bits per heavy atom. The van der Waals surface area contributed by atoms with Gasteiger partial charge in [0.05, 0.1) is 0 Å². The molecule has 0 saturated heterocycles. The molecule has 1 aliphatic carbocycles. The Hall–Kier alpha value is -1.71. The number of hydrogen-bond donors (Lipinski definition) is 3. The van der Waals surface area contributed by atoms with Crippen LogP contribution in [0.2, 0.25) is 0 Å². The molecule has 0 heterocycles. The van der Waals surface area contributed by atoms with Gasteiger partial charge in [-0.25, -0.2) is 0 Å². The molecule has 1 saturated carbocycles. The van der Waals surface area contributed by atoms with Gasteiger partial charge in [-0.15, -0.1) is 0 Å². The maximum atomic E-state index is 12.4. The highest BCUT2D eigenvalue weighted by molar-refractivity contribution is 5.93. The SMILES string of the molecule is CC(C)(C)C1CCC(C(=O)Nc2cc(N)cc(N)c2)CC1. The molecule has 21 heavy (non-hydrogen) atoms. The summed E-state index contributed by atoms with van der Waals surface area (Å²) in [4.78, 5) is 12.4. The predicted molar refractivity (Wildman–Crippen MR) is 88.8 cm³/mol. The van der Waals surface area contributed by atoms with Crippen molar-refractivity contribution in [3.8, 4) is 0 Å². The lowest BCUT2D eigenvalue weighted by Gasteiger charge is -2.36. The van der Waals surface area contributed by atoms with E-state index >= 15 is 0 Å². The first kappa shape index (κ1) is 15.7. The zero-order chi connectivity index (χ0) is 15.6. The highest BCUT2D eigenvalue weighted by Gasteiger charge is 2.32. The molecule has 1 amide bonds. The molecule has 1 fully saturated rings. The third kappa shape index (κ3) is 4.13. The maximum absolute atomic E-state index is 12.4. The van der Waals surface area contributed by atoms with E-state index in [9.17, 15) is 4.79 Å². The molecule has 1 aromatic carbocycles. The highest BCUT2D eigenvalue weighted by atomic mass is 16.1. The number of nitrogens with two attached hydrogens (primary N) is 2. The molecule has 0 aliphatic heterocycles. The Labute approximate surface area is 127 Å². The Kier molecular flexibility index (Phi) is 4.45. The smallest absolute Gasteiger partial charge is 0.227 e. The van der Waals surface area contributed by atoms with E-state index in [4.69, 9.17) is 11.5 Å². The number of carbonyl (C=O) groups excluding carboxylic acids is 1.